The molecule has 3 unspecified atom stereocenters. The van der Waals surface area contributed by atoms with Gasteiger partial charge in [0.15, 0.2) is 0 Å². The third kappa shape index (κ3) is 25.8. The summed E-state index contributed by atoms with van der Waals surface area (Å²) in [6.07, 6.45) is 0.868. The number of aliphatic carboxylic acids is 1. The van der Waals surface area contributed by atoms with E-state index in [0.717, 1.165) is 50.1 Å². The van der Waals surface area contributed by atoms with Crippen LogP contribution >= 0.6 is 0 Å². The Labute approximate surface area is 431 Å². The highest BCUT2D eigenvalue weighted by molar-refractivity contribution is 5.82. The summed E-state index contributed by atoms with van der Waals surface area (Å²) in [6, 6.07) is 41.7. The number of carbonyl (C=O) groups is 6. The molecular weight excluding hydrogens is 951 g/mol. The molecule has 6 rings (SSSR count). The van der Waals surface area contributed by atoms with Gasteiger partial charge in [-0.3, -0.25) is 28.8 Å². The second-order valence-corrected chi connectivity index (χ2v) is 16.6. The Bertz CT molecular complexity index is 2690. The summed E-state index contributed by atoms with van der Waals surface area (Å²) in [7, 11) is 0. The van der Waals surface area contributed by atoms with E-state index in [4.69, 9.17) is 41.6 Å². The number of aliphatic hydroxyl groups excluding tert-OH is 1. The number of carboxylic acids is 1. The number of benzene rings is 6. The molecule has 0 amide bonds. The summed E-state index contributed by atoms with van der Waals surface area (Å²) in [6.45, 7) is 9.69. The lowest BCUT2D eigenvalue weighted by molar-refractivity contribution is -0.156. The maximum absolute atomic E-state index is 12.0. The van der Waals surface area contributed by atoms with E-state index in [2.05, 4.69) is 4.74 Å². The molecule has 0 bridgehead atoms. The van der Waals surface area contributed by atoms with Crippen LogP contribution in [0.1, 0.15) is 70.8 Å². The quantitative estimate of drug-likeness (QED) is 0.0241. The van der Waals surface area contributed by atoms with Crippen LogP contribution < -0.4 is 21.9 Å². The smallest absolute Gasteiger partial charge is 0.323 e. The van der Waals surface area contributed by atoms with Crippen LogP contribution in [0.4, 0.5) is 0 Å². The van der Waals surface area contributed by atoms with E-state index < -0.39 is 48.0 Å². The number of esters is 5. The molecule has 0 heterocycles. The lowest BCUT2D eigenvalue weighted by Crippen LogP contribution is -2.34. The number of hydrogen-bond acceptors (Lipinski definition) is 16. The molecular formula is C57H67N3O14. The topological polar surface area (TPSA) is 298 Å². The second kappa shape index (κ2) is 33.4. The largest absolute Gasteiger partial charge is 0.508 e. The van der Waals surface area contributed by atoms with E-state index >= 15 is 0 Å². The highest BCUT2D eigenvalue weighted by atomic mass is 16.6. The van der Waals surface area contributed by atoms with Crippen molar-refractivity contribution in [3.8, 4) is 17.2 Å². The highest BCUT2D eigenvalue weighted by Gasteiger charge is 2.18. The van der Waals surface area contributed by atoms with Gasteiger partial charge in [0.25, 0.3) is 0 Å². The molecule has 10 N–H and O–H groups in total. The van der Waals surface area contributed by atoms with E-state index in [9.17, 15) is 39.0 Å². The molecule has 17 nitrogen and oxygen atoms in total. The predicted octanol–water partition coefficient (Wildman–Crippen LogP) is 6.78. The number of ether oxygens (including phenoxy) is 4. The van der Waals surface area contributed by atoms with Crippen LogP contribution in [0, 0.1) is 20.8 Å². The van der Waals surface area contributed by atoms with E-state index in [-0.39, 0.29) is 43.7 Å². The number of nitrogens with two attached hydrogens (primary N) is 3. The summed E-state index contributed by atoms with van der Waals surface area (Å²) >= 11 is 0. The molecule has 0 aliphatic carbocycles. The van der Waals surface area contributed by atoms with Crippen molar-refractivity contribution >= 4 is 35.8 Å². The lowest BCUT2D eigenvalue weighted by atomic mass is 10.0. The third-order valence-corrected chi connectivity index (χ3v) is 10.1. The number of carboxylic acid groups (broad SMARTS) is 1. The summed E-state index contributed by atoms with van der Waals surface area (Å²) in [5.41, 5.74) is 24.7. The van der Waals surface area contributed by atoms with Crippen molar-refractivity contribution in [3.05, 3.63) is 196 Å². The normalized spacial score (nSPS) is 11.2. The maximum Gasteiger partial charge on any atom is 0.323 e. The first kappa shape index (κ1) is 61.9. The van der Waals surface area contributed by atoms with Gasteiger partial charge in [0.2, 0.25) is 0 Å². The minimum atomic E-state index is -1.04. The van der Waals surface area contributed by atoms with Crippen LogP contribution in [-0.2, 0) is 82.1 Å². The maximum atomic E-state index is 12.0. The van der Waals surface area contributed by atoms with Crippen LogP contribution in [0.2, 0.25) is 0 Å². The standard InChI is InChI=1S/C19H21NO4.C17H19NO3.C10H13NO3.C7H8O.C4H6O3/c1-13-8-9-16(11-18(13)24-14(2)21)10-17(20)19(22)23-12-15-6-4-3-5-7-15;1-12-7-8-14(10-16(12)19)9-15(18)17(20)21-11-13-5-3-2-4-6-13;1-6-2-3-7(5-9(6)12)4-8(11)10(13)14;8-6-7-4-2-1-3-5-7;1-3(5)7-4(2)6/h3-9,11,17H,10,12,20H2,1-2H3;2-8,10,15,19H,9,11,18H2,1H3;2-3,5,8,12H,4,11H2,1H3,(H,13,14);1-5,8H,6H2;1-2H3. The van der Waals surface area contributed by atoms with Gasteiger partial charge in [-0.15, -0.1) is 0 Å². The second-order valence-electron chi connectivity index (χ2n) is 16.6. The molecule has 6 aromatic carbocycles. The molecule has 6 aromatic rings. The molecule has 0 radical (unpaired) electrons. The molecule has 0 aliphatic rings. The van der Waals surface area contributed by atoms with Crippen LogP contribution in [-0.4, -0.2) is 74.4 Å². The van der Waals surface area contributed by atoms with Gasteiger partial charge >= 0.3 is 35.8 Å². The number of aryl methyl sites for hydroxylation is 3. The van der Waals surface area contributed by atoms with Gasteiger partial charge in [0.1, 0.15) is 48.6 Å². The van der Waals surface area contributed by atoms with Crippen molar-refractivity contribution in [1.82, 2.24) is 0 Å². The SMILES string of the molecule is CC(=O)OC(C)=O.CC(=O)Oc1cc(CC(N)C(=O)OCc2ccccc2)ccc1C.Cc1ccc(CC(N)C(=O)O)cc1O.Cc1ccc(CC(N)C(=O)OCc2ccccc2)cc1O.OCc1ccccc1. The van der Waals surface area contributed by atoms with Crippen LogP contribution in [0.3, 0.4) is 0 Å². The van der Waals surface area contributed by atoms with E-state index in [1.807, 2.05) is 123 Å². The van der Waals surface area contributed by atoms with Crippen LogP contribution in [0.15, 0.2) is 146 Å². The molecule has 0 saturated heterocycles. The Morgan fingerprint density at radius 3 is 1.12 bits per heavy atom. The fraction of sp³-hybridized carbons (Fsp3) is 0.263. The zero-order chi connectivity index (χ0) is 55.2. The van der Waals surface area contributed by atoms with Gasteiger partial charge in [-0.2, -0.15) is 0 Å². The number of phenolic OH excluding ortho intramolecular Hbond substituents is 2. The Balaban J connectivity index is 0.000000340. The fourth-order valence-electron chi connectivity index (χ4n) is 6.07. The summed E-state index contributed by atoms with van der Waals surface area (Å²) in [4.78, 5) is 65.1. The number of phenols is 2. The van der Waals surface area contributed by atoms with Crippen molar-refractivity contribution in [2.75, 3.05) is 0 Å². The van der Waals surface area contributed by atoms with Crippen molar-refractivity contribution < 1.29 is 68.1 Å². The summed E-state index contributed by atoms with van der Waals surface area (Å²) < 4.78 is 19.5. The first-order chi connectivity index (χ1) is 35.1. The van der Waals surface area contributed by atoms with Crippen molar-refractivity contribution in [2.45, 2.75) is 98.8 Å². The van der Waals surface area contributed by atoms with Gasteiger partial charge in [-0.25, -0.2) is 0 Å². The number of rotatable bonds is 15. The van der Waals surface area contributed by atoms with Crippen molar-refractivity contribution in [1.29, 1.82) is 0 Å². The molecule has 74 heavy (non-hydrogen) atoms. The number of carbonyl (C=O) groups excluding carboxylic acids is 5. The predicted molar refractivity (Wildman–Crippen MR) is 278 cm³/mol. The molecule has 17 heteroatoms. The highest BCUT2D eigenvalue weighted by Crippen LogP contribution is 2.22. The first-order valence-electron chi connectivity index (χ1n) is 23.2. The molecule has 0 spiro atoms. The fourth-order valence-corrected chi connectivity index (χ4v) is 6.07. The van der Waals surface area contributed by atoms with Crippen molar-refractivity contribution in [3.63, 3.8) is 0 Å². The Morgan fingerprint density at radius 2 is 0.811 bits per heavy atom. The van der Waals surface area contributed by atoms with Gasteiger partial charge in [-0.05, 0) is 108 Å². The van der Waals surface area contributed by atoms with Crippen LogP contribution in [0.5, 0.6) is 17.2 Å². The zero-order valence-electron chi connectivity index (χ0n) is 42.4. The van der Waals surface area contributed by atoms with E-state index in [1.54, 1.807) is 37.3 Å². The zero-order valence-corrected chi connectivity index (χ0v) is 42.4. The van der Waals surface area contributed by atoms with Gasteiger partial charge < -0.3 is 56.6 Å². The van der Waals surface area contributed by atoms with E-state index in [0.29, 0.717) is 18.6 Å². The minimum absolute atomic E-state index is 0.140. The average Bonchev–Trinajstić information content (AvgIpc) is 3.36. The monoisotopic (exact) mass is 1020 g/mol. The summed E-state index contributed by atoms with van der Waals surface area (Å²) in [5, 5.41) is 36.1. The van der Waals surface area contributed by atoms with Gasteiger partial charge in [0.05, 0.1) is 6.61 Å². The summed E-state index contributed by atoms with van der Waals surface area (Å²) in [5.74, 6) is -2.61. The Morgan fingerprint density at radius 1 is 0.459 bits per heavy atom. The van der Waals surface area contributed by atoms with Gasteiger partial charge in [-0.1, -0.05) is 127 Å². The van der Waals surface area contributed by atoms with Crippen LogP contribution in [0.25, 0.3) is 0 Å². The average molecular weight is 1020 g/mol. The van der Waals surface area contributed by atoms with Crippen molar-refractivity contribution in [2.24, 2.45) is 17.2 Å². The lowest BCUT2D eigenvalue weighted by Gasteiger charge is -2.13. The van der Waals surface area contributed by atoms with Gasteiger partial charge in [0, 0.05) is 20.8 Å². The number of aliphatic hydroxyl groups is 1. The Kier molecular flexibility index (Phi) is 28.0. The number of hydrogen-bond donors (Lipinski definition) is 7. The molecule has 394 valence electrons. The number of aromatic hydroxyl groups is 2. The Hall–Kier alpha value is -8.22. The third-order valence-electron chi connectivity index (χ3n) is 10.1. The molecule has 0 fully saturated rings. The molecule has 0 aromatic heterocycles. The first-order valence-corrected chi connectivity index (χ1v) is 23.2. The molecule has 3 atom stereocenters. The van der Waals surface area contributed by atoms with E-state index in [1.165, 1.54) is 26.8 Å². The molecule has 0 aliphatic heterocycles. The molecule has 0 saturated carbocycles. The minimum Gasteiger partial charge on any atom is -0.508 e.